The first kappa shape index (κ1) is 14.1. The number of carbonyl (C=O) groups is 2. The minimum atomic E-state index is -0.118. The number of hydrogen-bond acceptors (Lipinski definition) is 3. The topological polar surface area (TPSA) is 46.6 Å². The van der Waals surface area contributed by atoms with Gasteiger partial charge in [-0.05, 0) is 56.4 Å². The molecule has 3 atom stereocenters. The Balaban J connectivity index is 1.85. The molecular weight excluding hydrogens is 266 g/mol. The molecule has 0 unspecified atom stereocenters. The molecular formula is C17H21NO3. The van der Waals surface area contributed by atoms with Crippen LogP contribution in [-0.2, 0) is 9.59 Å². The number of benzene rings is 1. The predicted molar refractivity (Wildman–Crippen MR) is 80.1 cm³/mol. The van der Waals surface area contributed by atoms with Gasteiger partial charge < -0.3 is 4.74 Å². The van der Waals surface area contributed by atoms with Crippen LogP contribution in [0.3, 0.4) is 0 Å². The van der Waals surface area contributed by atoms with Crippen LogP contribution < -0.4 is 9.64 Å². The Labute approximate surface area is 125 Å². The molecule has 0 bridgehead atoms. The van der Waals surface area contributed by atoms with Crippen molar-refractivity contribution < 1.29 is 14.3 Å². The maximum Gasteiger partial charge on any atom is 0.237 e. The third kappa shape index (κ3) is 2.43. The number of fused-ring (bicyclic) bond motifs is 1. The second kappa shape index (κ2) is 5.51. The number of nitrogens with zero attached hydrogens (tertiary/aromatic N) is 1. The average Bonchev–Trinajstić information content (AvgIpc) is 2.72. The summed E-state index contributed by atoms with van der Waals surface area (Å²) in [6.07, 6.45) is 2.71. The van der Waals surface area contributed by atoms with E-state index in [0.717, 1.165) is 25.0 Å². The van der Waals surface area contributed by atoms with Crippen LogP contribution in [0.15, 0.2) is 24.3 Å². The lowest BCUT2D eigenvalue weighted by molar-refractivity contribution is -0.122. The van der Waals surface area contributed by atoms with E-state index in [0.29, 0.717) is 18.2 Å². The van der Waals surface area contributed by atoms with Crippen LogP contribution in [0.5, 0.6) is 5.75 Å². The molecule has 1 aromatic carbocycles. The van der Waals surface area contributed by atoms with Crippen LogP contribution in [0.2, 0.25) is 0 Å². The molecule has 1 heterocycles. The molecule has 0 radical (unpaired) electrons. The summed E-state index contributed by atoms with van der Waals surface area (Å²) in [5, 5.41) is 0. The van der Waals surface area contributed by atoms with Crippen molar-refractivity contribution in [3.63, 3.8) is 0 Å². The Kier molecular flexibility index (Phi) is 3.70. The summed E-state index contributed by atoms with van der Waals surface area (Å²) >= 11 is 0. The smallest absolute Gasteiger partial charge is 0.237 e. The molecule has 2 amide bonds. The number of imide groups is 1. The Morgan fingerprint density at radius 1 is 1.10 bits per heavy atom. The molecule has 0 spiro atoms. The van der Waals surface area contributed by atoms with E-state index in [-0.39, 0.29) is 23.7 Å². The minimum Gasteiger partial charge on any atom is -0.494 e. The minimum absolute atomic E-state index is 0.0268. The van der Waals surface area contributed by atoms with E-state index in [9.17, 15) is 9.59 Å². The van der Waals surface area contributed by atoms with Gasteiger partial charge in [-0.2, -0.15) is 0 Å². The average molecular weight is 287 g/mol. The van der Waals surface area contributed by atoms with Crippen molar-refractivity contribution in [1.82, 2.24) is 0 Å². The highest BCUT2D eigenvalue weighted by molar-refractivity contribution is 6.22. The van der Waals surface area contributed by atoms with E-state index in [1.165, 1.54) is 4.90 Å². The Morgan fingerprint density at radius 3 is 2.43 bits per heavy atom. The molecule has 4 heteroatoms. The van der Waals surface area contributed by atoms with Crippen molar-refractivity contribution in [3.05, 3.63) is 24.3 Å². The molecule has 4 nitrogen and oxygen atoms in total. The predicted octanol–water partition coefficient (Wildman–Crippen LogP) is 3.01. The zero-order valence-corrected chi connectivity index (χ0v) is 12.5. The molecule has 21 heavy (non-hydrogen) atoms. The van der Waals surface area contributed by atoms with Gasteiger partial charge in [0.15, 0.2) is 0 Å². The molecule has 3 rings (SSSR count). The summed E-state index contributed by atoms with van der Waals surface area (Å²) in [7, 11) is 0. The summed E-state index contributed by atoms with van der Waals surface area (Å²) in [6.45, 7) is 4.68. The van der Waals surface area contributed by atoms with Gasteiger partial charge in [-0.15, -0.1) is 0 Å². The van der Waals surface area contributed by atoms with Crippen LogP contribution in [0.25, 0.3) is 0 Å². The lowest BCUT2D eigenvalue weighted by atomic mass is 9.76. The number of amides is 2. The summed E-state index contributed by atoms with van der Waals surface area (Å²) in [4.78, 5) is 26.5. The van der Waals surface area contributed by atoms with Crippen molar-refractivity contribution in [1.29, 1.82) is 0 Å². The summed E-state index contributed by atoms with van der Waals surface area (Å²) in [5.74, 6) is 1.00. The quantitative estimate of drug-likeness (QED) is 0.803. The Morgan fingerprint density at radius 2 is 1.76 bits per heavy atom. The highest BCUT2D eigenvalue weighted by atomic mass is 16.5. The lowest BCUT2D eigenvalue weighted by Crippen LogP contribution is -2.30. The molecule has 1 aliphatic heterocycles. The van der Waals surface area contributed by atoms with Gasteiger partial charge in [0.05, 0.1) is 24.1 Å². The van der Waals surface area contributed by atoms with Gasteiger partial charge >= 0.3 is 0 Å². The second-order valence-electron chi connectivity index (χ2n) is 6.07. The second-order valence-corrected chi connectivity index (χ2v) is 6.07. The maximum absolute atomic E-state index is 12.6. The van der Waals surface area contributed by atoms with Gasteiger partial charge in [-0.1, -0.05) is 6.92 Å². The van der Waals surface area contributed by atoms with Gasteiger partial charge in [0.2, 0.25) is 11.8 Å². The normalized spacial score (nSPS) is 28.7. The first-order valence-electron chi connectivity index (χ1n) is 7.72. The van der Waals surface area contributed by atoms with E-state index < -0.39 is 0 Å². The molecule has 2 aliphatic rings. The third-order valence-corrected chi connectivity index (χ3v) is 4.59. The highest BCUT2D eigenvalue weighted by Crippen LogP contribution is 2.42. The van der Waals surface area contributed by atoms with Crippen LogP contribution in [-0.4, -0.2) is 18.4 Å². The van der Waals surface area contributed by atoms with E-state index >= 15 is 0 Å². The number of hydrogen-bond donors (Lipinski definition) is 0. The molecule has 1 saturated carbocycles. The van der Waals surface area contributed by atoms with Gasteiger partial charge in [-0.25, -0.2) is 0 Å². The SMILES string of the molecule is CCOc1ccc(N2C(=O)[C@H]3C[C@@H](C)CC[C@H]3C2=O)cc1. The van der Waals surface area contributed by atoms with Crippen LogP contribution in [0, 0.1) is 17.8 Å². The van der Waals surface area contributed by atoms with E-state index in [1.54, 1.807) is 12.1 Å². The molecule has 1 aromatic rings. The molecule has 1 saturated heterocycles. The standard InChI is InChI=1S/C17H21NO3/c1-3-21-13-7-5-12(6-8-13)18-16(19)14-9-4-11(2)10-15(14)17(18)20/h5-8,11,14-15H,3-4,9-10H2,1-2H3/t11-,14+,15-/m0/s1. The van der Waals surface area contributed by atoms with Crippen molar-refractivity contribution in [3.8, 4) is 5.75 Å². The fourth-order valence-corrected chi connectivity index (χ4v) is 3.50. The first-order valence-corrected chi connectivity index (χ1v) is 7.72. The highest BCUT2D eigenvalue weighted by Gasteiger charge is 2.49. The molecule has 112 valence electrons. The van der Waals surface area contributed by atoms with Gasteiger partial charge in [0, 0.05) is 0 Å². The summed E-state index contributed by atoms with van der Waals surface area (Å²) < 4.78 is 5.40. The van der Waals surface area contributed by atoms with E-state index in [4.69, 9.17) is 4.74 Å². The van der Waals surface area contributed by atoms with Crippen molar-refractivity contribution in [2.45, 2.75) is 33.1 Å². The number of carbonyl (C=O) groups excluding carboxylic acids is 2. The lowest BCUT2D eigenvalue weighted by Gasteiger charge is -2.25. The molecule has 0 aromatic heterocycles. The third-order valence-electron chi connectivity index (χ3n) is 4.59. The molecule has 0 N–H and O–H groups in total. The maximum atomic E-state index is 12.6. The number of ether oxygens (including phenoxy) is 1. The first-order chi connectivity index (χ1) is 10.1. The molecule has 2 fully saturated rings. The van der Waals surface area contributed by atoms with Crippen molar-refractivity contribution >= 4 is 17.5 Å². The van der Waals surface area contributed by atoms with Crippen molar-refractivity contribution in [2.75, 3.05) is 11.5 Å². The van der Waals surface area contributed by atoms with Gasteiger partial charge in [0.25, 0.3) is 0 Å². The van der Waals surface area contributed by atoms with Gasteiger partial charge in [0.1, 0.15) is 5.75 Å². The number of anilines is 1. The summed E-state index contributed by atoms with van der Waals surface area (Å²) in [6, 6.07) is 7.21. The van der Waals surface area contributed by atoms with Gasteiger partial charge in [-0.3, -0.25) is 14.5 Å². The Bertz CT molecular complexity index is 552. The number of rotatable bonds is 3. The monoisotopic (exact) mass is 287 g/mol. The van der Waals surface area contributed by atoms with Crippen molar-refractivity contribution in [2.24, 2.45) is 17.8 Å². The van der Waals surface area contributed by atoms with E-state index in [2.05, 4.69) is 6.92 Å². The zero-order chi connectivity index (χ0) is 15.0. The van der Waals surface area contributed by atoms with E-state index in [1.807, 2.05) is 19.1 Å². The zero-order valence-electron chi connectivity index (χ0n) is 12.5. The fourth-order valence-electron chi connectivity index (χ4n) is 3.50. The summed E-state index contributed by atoms with van der Waals surface area (Å²) in [5.41, 5.74) is 0.663. The largest absolute Gasteiger partial charge is 0.494 e. The fraction of sp³-hybridized carbons (Fsp3) is 0.529. The van der Waals surface area contributed by atoms with Crippen LogP contribution >= 0.6 is 0 Å². The molecule has 1 aliphatic carbocycles. The van der Waals surface area contributed by atoms with Crippen LogP contribution in [0.1, 0.15) is 33.1 Å². The van der Waals surface area contributed by atoms with Crippen LogP contribution in [0.4, 0.5) is 5.69 Å². The Hall–Kier alpha value is -1.84.